The molecule has 0 amide bonds. The fourth-order valence-electron chi connectivity index (χ4n) is 1.81. The first-order chi connectivity index (χ1) is 10.0. The van der Waals surface area contributed by atoms with Crippen molar-refractivity contribution in [2.24, 2.45) is 5.73 Å². The Balaban J connectivity index is 2.46. The van der Waals surface area contributed by atoms with E-state index in [2.05, 4.69) is 0 Å². The lowest BCUT2D eigenvalue weighted by molar-refractivity contribution is 0.577. The van der Waals surface area contributed by atoms with Gasteiger partial charge in [-0.1, -0.05) is 24.8 Å². The van der Waals surface area contributed by atoms with E-state index >= 15 is 0 Å². The Morgan fingerprint density at radius 3 is 2.52 bits per heavy atom. The van der Waals surface area contributed by atoms with Crippen molar-refractivity contribution in [1.82, 2.24) is 0 Å². The predicted molar refractivity (Wildman–Crippen MR) is 84.3 cm³/mol. The Morgan fingerprint density at radius 1 is 1.14 bits per heavy atom. The highest BCUT2D eigenvalue weighted by molar-refractivity contribution is 8.00. The molecule has 6 heteroatoms. The smallest absolute Gasteiger partial charge is 0.137 e. The van der Waals surface area contributed by atoms with Gasteiger partial charge in [-0.15, -0.1) is 11.8 Å². The summed E-state index contributed by atoms with van der Waals surface area (Å²) in [4.78, 5) is 1.69. The number of rotatable bonds is 5. The van der Waals surface area contributed by atoms with Gasteiger partial charge in [-0.05, 0) is 36.1 Å². The molecule has 0 aliphatic heterocycles. The molecule has 0 fully saturated rings. The van der Waals surface area contributed by atoms with Gasteiger partial charge in [0.05, 0.1) is 4.90 Å². The van der Waals surface area contributed by atoms with Crippen LogP contribution < -0.4 is 5.73 Å². The van der Waals surface area contributed by atoms with E-state index in [-0.39, 0.29) is 10.7 Å². The van der Waals surface area contributed by atoms with Gasteiger partial charge in [0.1, 0.15) is 17.5 Å². The molecule has 3 N–H and O–H groups in total. The van der Waals surface area contributed by atoms with Gasteiger partial charge in [0.25, 0.3) is 0 Å². The number of benzene rings is 2. The molecule has 2 aromatic rings. The van der Waals surface area contributed by atoms with Gasteiger partial charge in [0.15, 0.2) is 0 Å². The van der Waals surface area contributed by atoms with Crippen molar-refractivity contribution in [3.8, 4) is 0 Å². The fraction of sp³-hybridized carbons (Fsp3) is 0.133. The minimum Gasteiger partial charge on any atom is -0.384 e. The first-order valence-electron chi connectivity index (χ1n) is 6.26. The van der Waals surface area contributed by atoms with Crippen LogP contribution in [0.1, 0.15) is 12.5 Å². The molecule has 0 heterocycles. The third-order valence-corrected chi connectivity index (χ3v) is 4.70. The summed E-state index contributed by atoms with van der Waals surface area (Å²) in [6.07, 6.45) is 0. The van der Waals surface area contributed by atoms with Crippen molar-refractivity contribution in [3.63, 3.8) is 0 Å². The third kappa shape index (κ3) is 3.77. The molecule has 0 saturated heterocycles. The summed E-state index contributed by atoms with van der Waals surface area (Å²) in [6, 6.07) is 8.76. The van der Waals surface area contributed by atoms with E-state index in [9.17, 15) is 8.78 Å². The number of nitrogens with two attached hydrogens (primary N) is 1. The lowest BCUT2D eigenvalue weighted by atomic mass is 10.2. The quantitative estimate of drug-likeness (QED) is 0.483. The van der Waals surface area contributed by atoms with Crippen LogP contribution in [0.25, 0.3) is 0 Å². The first kappa shape index (κ1) is 15.9. The number of halogens is 2. The Bertz CT molecular complexity index is 675. The van der Waals surface area contributed by atoms with Crippen LogP contribution in [0.4, 0.5) is 8.78 Å². The summed E-state index contributed by atoms with van der Waals surface area (Å²) in [5.41, 5.74) is 6.22. The largest absolute Gasteiger partial charge is 0.384 e. The van der Waals surface area contributed by atoms with Gasteiger partial charge in [-0.2, -0.15) is 0 Å². The van der Waals surface area contributed by atoms with Crippen molar-refractivity contribution in [2.45, 2.75) is 21.6 Å². The van der Waals surface area contributed by atoms with Gasteiger partial charge in [-0.3, -0.25) is 5.41 Å². The van der Waals surface area contributed by atoms with Crippen molar-refractivity contribution < 1.29 is 8.78 Å². The topological polar surface area (TPSA) is 49.9 Å². The lowest BCUT2D eigenvalue weighted by Gasteiger charge is -2.13. The maximum Gasteiger partial charge on any atom is 0.137 e. The van der Waals surface area contributed by atoms with Crippen molar-refractivity contribution >= 4 is 29.4 Å². The lowest BCUT2D eigenvalue weighted by Crippen LogP contribution is -2.13. The van der Waals surface area contributed by atoms with Gasteiger partial charge >= 0.3 is 0 Å². The molecule has 2 rings (SSSR count). The van der Waals surface area contributed by atoms with Gasteiger partial charge in [0, 0.05) is 15.4 Å². The molecular weight excluding hydrogens is 310 g/mol. The fourth-order valence-corrected chi connectivity index (χ4v) is 3.77. The standard InChI is InChI=1S/C15H14F2N2S2/c1-2-20-11-4-3-5-12(14(11)15(18)19)21-13-8-9(16)6-7-10(13)17/h3-8H,2H2,1H3,(H3,18,19). The van der Waals surface area contributed by atoms with E-state index in [0.717, 1.165) is 40.6 Å². The summed E-state index contributed by atoms with van der Waals surface area (Å²) >= 11 is 2.63. The average molecular weight is 324 g/mol. The molecule has 110 valence electrons. The second-order valence-electron chi connectivity index (χ2n) is 4.15. The van der Waals surface area contributed by atoms with Crippen LogP contribution in [0.3, 0.4) is 0 Å². The molecule has 21 heavy (non-hydrogen) atoms. The van der Waals surface area contributed by atoms with E-state index in [4.69, 9.17) is 11.1 Å². The molecule has 0 spiro atoms. The molecule has 0 radical (unpaired) electrons. The second-order valence-corrected chi connectivity index (χ2v) is 6.54. The van der Waals surface area contributed by atoms with Crippen LogP contribution in [-0.4, -0.2) is 11.6 Å². The molecule has 0 aliphatic carbocycles. The maximum absolute atomic E-state index is 13.8. The van der Waals surface area contributed by atoms with Crippen LogP contribution in [0.2, 0.25) is 0 Å². The van der Waals surface area contributed by atoms with Gasteiger partial charge in [-0.25, -0.2) is 8.78 Å². The van der Waals surface area contributed by atoms with E-state index in [0.29, 0.717) is 10.5 Å². The van der Waals surface area contributed by atoms with E-state index < -0.39 is 11.6 Å². The zero-order chi connectivity index (χ0) is 15.4. The number of nitrogen functional groups attached to an aromatic ring is 1. The Hall–Kier alpha value is -1.53. The minimum absolute atomic E-state index is 0.0779. The summed E-state index contributed by atoms with van der Waals surface area (Å²) in [6.45, 7) is 2.00. The predicted octanol–water partition coefficient (Wildman–Crippen LogP) is 4.51. The number of nitrogens with one attached hydrogen (secondary N) is 1. The molecule has 0 aromatic heterocycles. The second kappa shape index (κ2) is 6.95. The van der Waals surface area contributed by atoms with E-state index in [1.165, 1.54) is 0 Å². The number of amidine groups is 1. The van der Waals surface area contributed by atoms with Crippen LogP contribution in [0, 0.1) is 17.0 Å². The van der Waals surface area contributed by atoms with Crippen LogP contribution in [-0.2, 0) is 0 Å². The van der Waals surface area contributed by atoms with E-state index in [1.54, 1.807) is 17.8 Å². The van der Waals surface area contributed by atoms with Crippen molar-refractivity contribution in [3.05, 3.63) is 53.6 Å². The number of thioether (sulfide) groups is 1. The average Bonchev–Trinajstić information content (AvgIpc) is 2.43. The van der Waals surface area contributed by atoms with Crippen LogP contribution in [0.15, 0.2) is 51.1 Å². The monoisotopic (exact) mass is 324 g/mol. The van der Waals surface area contributed by atoms with Crippen LogP contribution in [0.5, 0.6) is 0 Å². The highest BCUT2D eigenvalue weighted by atomic mass is 32.2. The summed E-state index contributed by atoms with van der Waals surface area (Å²) in [5, 5.41) is 7.74. The third-order valence-electron chi connectivity index (χ3n) is 2.67. The molecule has 0 aliphatic rings. The first-order valence-corrected chi connectivity index (χ1v) is 8.06. The minimum atomic E-state index is -0.498. The van der Waals surface area contributed by atoms with Gasteiger partial charge in [0.2, 0.25) is 0 Å². The Labute approximate surface area is 130 Å². The molecular formula is C15H14F2N2S2. The zero-order valence-electron chi connectivity index (χ0n) is 11.3. The van der Waals surface area contributed by atoms with Crippen molar-refractivity contribution in [1.29, 1.82) is 5.41 Å². The SMILES string of the molecule is CCSc1cccc(Sc2cc(F)ccc2F)c1C(=N)N. The number of hydrogen-bond acceptors (Lipinski definition) is 3. The Kier molecular flexibility index (Phi) is 5.25. The summed E-state index contributed by atoms with van der Waals surface area (Å²) in [5.74, 6) is -0.236. The summed E-state index contributed by atoms with van der Waals surface area (Å²) < 4.78 is 27.0. The van der Waals surface area contributed by atoms with Crippen LogP contribution >= 0.6 is 23.5 Å². The Morgan fingerprint density at radius 2 is 1.86 bits per heavy atom. The molecule has 2 nitrogen and oxygen atoms in total. The van der Waals surface area contributed by atoms with E-state index in [1.807, 2.05) is 19.1 Å². The maximum atomic E-state index is 13.8. The number of hydrogen-bond donors (Lipinski definition) is 2. The molecule has 2 aromatic carbocycles. The highest BCUT2D eigenvalue weighted by Gasteiger charge is 2.14. The normalized spacial score (nSPS) is 10.6. The molecule has 0 atom stereocenters. The highest BCUT2D eigenvalue weighted by Crippen LogP contribution is 2.36. The molecule has 0 saturated carbocycles. The molecule has 0 unspecified atom stereocenters. The zero-order valence-corrected chi connectivity index (χ0v) is 13.0. The van der Waals surface area contributed by atoms with Crippen molar-refractivity contribution in [2.75, 3.05) is 5.75 Å². The van der Waals surface area contributed by atoms with Gasteiger partial charge < -0.3 is 5.73 Å². The molecule has 0 bridgehead atoms. The summed E-state index contributed by atoms with van der Waals surface area (Å²) in [7, 11) is 0.